The molecule has 1 unspecified atom stereocenters. The molecule has 0 saturated carbocycles. The highest BCUT2D eigenvalue weighted by Crippen LogP contribution is 2.21. The van der Waals surface area contributed by atoms with E-state index in [2.05, 4.69) is 42.3 Å². The van der Waals surface area contributed by atoms with Crippen LogP contribution < -0.4 is 10.2 Å². The number of hydrogen-bond acceptors (Lipinski definition) is 3. The number of para-hydroxylation sites is 1. The zero-order chi connectivity index (χ0) is 18.5. The zero-order valence-corrected chi connectivity index (χ0v) is 16.4. The van der Waals surface area contributed by atoms with Gasteiger partial charge in [-0.25, -0.2) is 4.98 Å². The van der Waals surface area contributed by atoms with Crippen LogP contribution in [0.1, 0.15) is 36.8 Å². The molecule has 3 rings (SSSR count). The summed E-state index contributed by atoms with van der Waals surface area (Å²) in [4.78, 5) is 18.1. The molecule has 5 heteroatoms. The molecule has 0 aliphatic carbocycles. The van der Waals surface area contributed by atoms with E-state index in [-0.39, 0.29) is 5.91 Å². The van der Waals surface area contributed by atoms with E-state index in [4.69, 9.17) is 0 Å². The third-order valence-electron chi connectivity index (χ3n) is 4.63. The van der Waals surface area contributed by atoms with Gasteiger partial charge in [-0.1, -0.05) is 38.1 Å². The molecule has 26 heavy (non-hydrogen) atoms. The third kappa shape index (κ3) is 4.68. The third-order valence-corrected chi connectivity index (χ3v) is 5.67. The minimum absolute atomic E-state index is 0.0277. The molecular weight excluding hydrogens is 342 g/mol. The van der Waals surface area contributed by atoms with Crippen molar-refractivity contribution in [2.45, 2.75) is 32.7 Å². The smallest absolute Gasteiger partial charge is 0.279 e. The van der Waals surface area contributed by atoms with Gasteiger partial charge in [0.15, 0.2) is 6.54 Å². The standard InChI is InChI=1S/C21H25N3OS/c1-4-15(2)16-9-11-17(12-10-16)22-20(25)13-24(3)14-21-23-18-7-5-6-8-19(18)26-21/h5-12,15H,4,13-14H2,1-3H3,(H,22,25)/p+1/t15-/m1/s1. The fraction of sp³-hybridized carbons (Fsp3) is 0.333. The maximum absolute atomic E-state index is 12.3. The van der Waals surface area contributed by atoms with Crippen LogP contribution in [0.5, 0.6) is 0 Å². The number of benzene rings is 2. The monoisotopic (exact) mass is 368 g/mol. The van der Waals surface area contributed by atoms with Crippen molar-refractivity contribution < 1.29 is 9.69 Å². The summed E-state index contributed by atoms with van der Waals surface area (Å²) in [5.41, 5.74) is 3.20. The molecule has 3 aromatic rings. The molecule has 0 aliphatic heterocycles. The number of hydrogen-bond donors (Lipinski definition) is 2. The van der Waals surface area contributed by atoms with Crippen molar-refractivity contribution in [3.8, 4) is 0 Å². The molecule has 1 amide bonds. The topological polar surface area (TPSA) is 46.4 Å². The van der Waals surface area contributed by atoms with Gasteiger partial charge >= 0.3 is 0 Å². The number of nitrogens with zero attached hydrogens (tertiary/aromatic N) is 1. The van der Waals surface area contributed by atoms with Crippen LogP contribution in [0.2, 0.25) is 0 Å². The summed E-state index contributed by atoms with van der Waals surface area (Å²) in [6.45, 7) is 5.57. The van der Waals surface area contributed by atoms with E-state index in [1.807, 2.05) is 37.4 Å². The predicted molar refractivity (Wildman–Crippen MR) is 109 cm³/mol. The van der Waals surface area contributed by atoms with E-state index in [0.29, 0.717) is 12.5 Å². The van der Waals surface area contributed by atoms with E-state index in [9.17, 15) is 4.79 Å². The minimum Gasteiger partial charge on any atom is -0.324 e. The summed E-state index contributed by atoms with van der Waals surface area (Å²) < 4.78 is 1.20. The van der Waals surface area contributed by atoms with Gasteiger partial charge in [0, 0.05) is 5.69 Å². The second-order valence-electron chi connectivity index (χ2n) is 6.87. The number of quaternary nitrogens is 1. The van der Waals surface area contributed by atoms with Gasteiger partial charge in [0.05, 0.1) is 17.3 Å². The van der Waals surface area contributed by atoms with Crippen LogP contribution in [-0.2, 0) is 11.3 Å². The first-order valence-corrected chi connectivity index (χ1v) is 9.92. The summed E-state index contributed by atoms with van der Waals surface area (Å²) >= 11 is 1.70. The lowest BCUT2D eigenvalue weighted by Crippen LogP contribution is -3.08. The lowest BCUT2D eigenvalue weighted by molar-refractivity contribution is -0.885. The lowest BCUT2D eigenvalue weighted by atomic mass is 9.99. The van der Waals surface area contributed by atoms with Crippen molar-refractivity contribution in [2.24, 2.45) is 0 Å². The van der Waals surface area contributed by atoms with Gasteiger partial charge < -0.3 is 10.2 Å². The van der Waals surface area contributed by atoms with Crippen molar-refractivity contribution in [1.29, 1.82) is 0 Å². The van der Waals surface area contributed by atoms with E-state index in [1.165, 1.54) is 10.3 Å². The van der Waals surface area contributed by atoms with Gasteiger partial charge in [-0.05, 0) is 42.2 Å². The fourth-order valence-corrected chi connectivity index (χ4v) is 4.01. The first kappa shape index (κ1) is 18.5. The molecule has 0 fully saturated rings. The van der Waals surface area contributed by atoms with Gasteiger partial charge in [0.2, 0.25) is 0 Å². The van der Waals surface area contributed by atoms with E-state index in [0.717, 1.165) is 34.1 Å². The van der Waals surface area contributed by atoms with Crippen molar-refractivity contribution in [1.82, 2.24) is 4.98 Å². The minimum atomic E-state index is 0.0277. The molecule has 1 heterocycles. The Morgan fingerprint density at radius 3 is 2.62 bits per heavy atom. The summed E-state index contributed by atoms with van der Waals surface area (Å²) in [6.07, 6.45) is 1.12. The highest BCUT2D eigenvalue weighted by atomic mass is 32.1. The quantitative estimate of drug-likeness (QED) is 0.671. The Labute approximate surface area is 158 Å². The van der Waals surface area contributed by atoms with Crippen LogP contribution in [-0.4, -0.2) is 24.5 Å². The van der Waals surface area contributed by atoms with Crippen LogP contribution in [0.3, 0.4) is 0 Å². The summed E-state index contributed by atoms with van der Waals surface area (Å²) in [7, 11) is 2.03. The maximum atomic E-state index is 12.3. The zero-order valence-electron chi connectivity index (χ0n) is 15.6. The number of nitrogens with one attached hydrogen (secondary N) is 2. The molecule has 0 radical (unpaired) electrons. The molecule has 2 N–H and O–H groups in total. The van der Waals surface area contributed by atoms with Crippen LogP contribution in [0.4, 0.5) is 5.69 Å². The fourth-order valence-electron chi connectivity index (χ4n) is 2.93. The van der Waals surface area contributed by atoms with Crippen molar-refractivity contribution in [2.75, 3.05) is 18.9 Å². The Balaban J connectivity index is 1.53. The summed E-state index contributed by atoms with van der Waals surface area (Å²) in [5.74, 6) is 0.573. The molecule has 0 saturated heterocycles. The average molecular weight is 369 g/mol. The molecule has 0 spiro atoms. The number of carbonyl (C=O) groups excluding carboxylic acids is 1. The Hall–Kier alpha value is -2.24. The Kier molecular flexibility index (Phi) is 6.01. The number of aromatic nitrogens is 1. The Bertz CT molecular complexity index is 839. The molecule has 1 aromatic heterocycles. The van der Waals surface area contributed by atoms with Crippen LogP contribution >= 0.6 is 11.3 Å². The second kappa shape index (κ2) is 8.43. The van der Waals surface area contributed by atoms with E-state index in [1.54, 1.807) is 11.3 Å². The molecule has 4 nitrogen and oxygen atoms in total. The van der Waals surface area contributed by atoms with Gasteiger partial charge in [0.1, 0.15) is 11.6 Å². The SMILES string of the molecule is CC[C@@H](C)c1ccc(NC(=O)C[NH+](C)Cc2nc3ccccc3s2)cc1. The Morgan fingerprint density at radius 1 is 1.19 bits per heavy atom. The lowest BCUT2D eigenvalue weighted by Gasteiger charge is -2.13. The number of amides is 1. The molecule has 2 atom stereocenters. The molecule has 2 aromatic carbocycles. The number of anilines is 1. The van der Waals surface area contributed by atoms with Crippen LogP contribution in [0, 0.1) is 0 Å². The molecule has 0 aliphatic rings. The summed E-state index contributed by atoms with van der Waals surface area (Å²) in [5, 5.41) is 4.06. The summed E-state index contributed by atoms with van der Waals surface area (Å²) in [6, 6.07) is 16.3. The average Bonchev–Trinajstić information content (AvgIpc) is 3.03. The van der Waals surface area contributed by atoms with Gasteiger partial charge in [-0.2, -0.15) is 0 Å². The number of rotatable bonds is 7. The highest BCUT2D eigenvalue weighted by Gasteiger charge is 2.14. The molecule has 0 bridgehead atoms. The second-order valence-corrected chi connectivity index (χ2v) is 7.98. The predicted octanol–water partition coefficient (Wildman–Crippen LogP) is 3.46. The molecule has 136 valence electrons. The van der Waals surface area contributed by atoms with Crippen LogP contribution in [0.15, 0.2) is 48.5 Å². The normalized spacial score (nSPS) is 13.5. The first-order chi connectivity index (χ1) is 12.5. The number of likely N-dealkylation sites (N-methyl/N-ethyl adjacent to an activating group) is 1. The number of carbonyl (C=O) groups is 1. The first-order valence-electron chi connectivity index (χ1n) is 9.10. The van der Waals surface area contributed by atoms with Crippen molar-refractivity contribution >= 4 is 33.1 Å². The van der Waals surface area contributed by atoms with Crippen molar-refractivity contribution in [3.05, 3.63) is 59.1 Å². The van der Waals surface area contributed by atoms with E-state index >= 15 is 0 Å². The van der Waals surface area contributed by atoms with Crippen LogP contribution in [0.25, 0.3) is 10.2 Å². The maximum Gasteiger partial charge on any atom is 0.279 e. The number of thiazole rings is 1. The van der Waals surface area contributed by atoms with Gasteiger partial charge in [-0.15, -0.1) is 11.3 Å². The highest BCUT2D eigenvalue weighted by molar-refractivity contribution is 7.18. The van der Waals surface area contributed by atoms with Gasteiger partial charge in [0.25, 0.3) is 5.91 Å². The van der Waals surface area contributed by atoms with Gasteiger partial charge in [-0.3, -0.25) is 4.79 Å². The number of fused-ring (bicyclic) bond motifs is 1. The van der Waals surface area contributed by atoms with E-state index < -0.39 is 0 Å². The molecular formula is C21H26N3OS+. The Morgan fingerprint density at radius 2 is 1.92 bits per heavy atom. The van der Waals surface area contributed by atoms with Crippen molar-refractivity contribution in [3.63, 3.8) is 0 Å². The largest absolute Gasteiger partial charge is 0.324 e.